The standard InChI is InChI=1S/C20H33N3O3S.ClH/c1-4-20(5-2,15-21)19(24)22-13-17-8-10-18(11-9-17)27(25,26)23-12-6-7-16(3)14-23;/h8-11,16H,4-7,12-15,21H2,1-3H3,(H,22,24);1H. The third-order valence-electron chi connectivity index (χ3n) is 5.86. The van der Waals surface area contributed by atoms with E-state index in [0.717, 1.165) is 18.4 Å². The molecular weight excluding hydrogens is 398 g/mol. The van der Waals surface area contributed by atoms with Gasteiger partial charge in [-0.05, 0) is 49.3 Å². The fourth-order valence-corrected chi connectivity index (χ4v) is 5.21. The minimum absolute atomic E-state index is 0. The Bertz CT molecular complexity index is 725. The van der Waals surface area contributed by atoms with Crippen molar-refractivity contribution in [1.82, 2.24) is 9.62 Å². The Morgan fingerprint density at radius 1 is 1.25 bits per heavy atom. The number of nitrogens with two attached hydrogens (primary N) is 1. The van der Waals surface area contributed by atoms with E-state index >= 15 is 0 Å². The second-order valence-electron chi connectivity index (χ2n) is 7.63. The van der Waals surface area contributed by atoms with Gasteiger partial charge in [0.15, 0.2) is 0 Å². The molecule has 3 N–H and O–H groups in total. The lowest BCUT2D eigenvalue weighted by Gasteiger charge is -2.30. The molecule has 0 radical (unpaired) electrons. The molecule has 1 aliphatic heterocycles. The molecule has 2 rings (SSSR count). The van der Waals surface area contributed by atoms with Crippen LogP contribution in [0.4, 0.5) is 0 Å². The quantitative estimate of drug-likeness (QED) is 0.661. The van der Waals surface area contributed by atoms with Gasteiger partial charge in [0, 0.05) is 26.2 Å². The van der Waals surface area contributed by atoms with Crippen LogP contribution in [-0.4, -0.2) is 38.3 Å². The molecule has 1 aliphatic rings. The van der Waals surface area contributed by atoms with Crippen molar-refractivity contribution in [2.24, 2.45) is 17.1 Å². The Labute approximate surface area is 175 Å². The first kappa shape index (κ1) is 24.9. The highest BCUT2D eigenvalue weighted by Gasteiger charge is 2.33. The highest BCUT2D eigenvalue weighted by atomic mass is 35.5. The van der Waals surface area contributed by atoms with Crippen LogP contribution in [0.15, 0.2) is 29.2 Å². The van der Waals surface area contributed by atoms with E-state index in [0.29, 0.717) is 49.8 Å². The summed E-state index contributed by atoms with van der Waals surface area (Å²) >= 11 is 0. The van der Waals surface area contributed by atoms with Crippen LogP contribution < -0.4 is 11.1 Å². The van der Waals surface area contributed by atoms with Gasteiger partial charge >= 0.3 is 0 Å². The minimum atomic E-state index is -3.45. The van der Waals surface area contributed by atoms with E-state index in [1.54, 1.807) is 28.6 Å². The van der Waals surface area contributed by atoms with Crippen LogP contribution in [0.3, 0.4) is 0 Å². The summed E-state index contributed by atoms with van der Waals surface area (Å²) in [7, 11) is -3.45. The van der Waals surface area contributed by atoms with Crippen LogP contribution in [0, 0.1) is 11.3 Å². The number of rotatable bonds is 8. The molecule has 6 nitrogen and oxygen atoms in total. The first-order valence-corrected chi connectivity index (χ1v) is 11.3. The SMILES string of the molecule is CCC(CC)(CN)C(=O)NCc1ccc(S(=O)(=O)N2CCCC(C)C2)cc1.Cl. The fourth-order valence-electron chi connectivity index (χ4n) is 3.62. The molecule has 1 unspecified atom stereocenters. The maximum absolute atomic E-state index is 12.8. The van der Waals surface area contributed by atoms with Crippen molar-refractivity contribution >= 4 is 28.3 Å². The molecule has 0 aromatic heterocycles. The average molecular weight is 432 g/mol. The van der Waals surface area contributed by atoms with Gasteiger partial charge in [0.2, 0.25) is 15.9 Å². The van der Waals surface area contributed by atoms with Crippen LogP contribution in [0.5, 0.6) is 0 Å². The van der Waals surface area contributed by atoms with Crippen LogP contribution >= 0.6 is 12.4 Å². The largest absolute Gasteiger partial charge is 0.352 e. The molecule has 1 saturated heterocycles. The molecule has 1 heterocycles. The third-order valence-corrected chi connectivity index (χ3v) is 7.74. The van der Waals surface area contributed by atoms with Crippen LogP contribution in [0.1, 0.15) is 52.0 Å². The van der Waals surface area contributed by atoms with Gasteiger partial charge in [0.05, 0.1) is 10.3 Å². The van der Waals surface area contributed by atoms with Gasteiger partial charge in [-0.15, -0.1) is 12.4 Å². The van der Waals surface area contributed by atoms with E-state index in [1.165, 1.54) is 0 Å². The van der Waals surface area contributed by atoms with E-state index in [1.807, 2.05) is 13.8 Å². The zero-order valence-corrected chi connectivity index (χ0v) is 18.7. The summed E-state index contributed by atoms with van der Waals surface area (Å²) in [5.74, 6) is 0.344. The maximum Gasteiger partial charge on any atom is 0.243 e. The number of amides is 1. The van der Waals surface area contributed by atoms with E-state index in [9.17, 15) is 13.2 Å². The monoisotopic (exact) mass is 431 g/mol. The summed E-state index contributed by atoms with van der Waals surface area (Å²) < 4.78 is 27.2. The number of piperidine rings is 1. The lowest BCUT2D eigenvalue weighted by molar-refractivity contribution is -0.131. The summed E-state index contributed by atoms with van der Waals surface area (Å²) in [5, 5.41) is 2.94. The number of nitrogens with zero attached hydrogens (tertiary/aromatic N) is 1. The van der Waals surface area contributed by atoms with E-state index in [-0.39, 0.29) is 18.3 Å². The summed E-state index contributed by atoms with van der Waals surface area (Å²) in [6, 6.07) is 6.79. The molecule has 0 aliphatic carbocycles. The Hall–Kier alpha value is -1.15. The van der Waals surface area contributed by atoms with Crippen LogP contribution in [-0.2, 0) is 21.4 Å². The highest BCUT2D eigenvalue weighted by molar-refractivity contribution is 7.89. The molecule has 1 aromatic rings. The predicted molar refractivity (Wildman–Crippen MR) is 115 cm³/mol. The molecule has 1 fully saturated rings. The van der Waals surface area contributed by atoms with Gasteiger partial charge in [0.1, 0.15) is 0 Å². The smallest absolute Gasteiger partial charge is 0.243 e. The second-order valence-corrected chi connectivity index (χ2v) is 9.57. The lowest BCUT2D eigenvalue weighted by Crippen LogP contribution is -2.45. The molecule has 8 heteroatoms. The summed E-state index contributed by atoms with van der Waals surface area (Å²) in [4.78, 5) is 12.8. The maximum atomic E-state index is 12.8. The van der Waals surface area contributed by atoms with Gasteiger partial charge in [-0.25, -0.2) is 8.42 Å². The number of benzene rings is 1. The van der Waals surface area contributed by atoms with Crippen molar-refractivity contribution < 1.29 is 13.2 Å². The topological polar surface area (TPSA) is 92.5 Å². The average Bonchev–Trinajstić information content (AvgIpc) is 2.68. The molecule has 1 atom stereocenters. The molecule has 28 heavy (non-hydrogen) atoms. The van der Waals surface area contributed by atoms with Crippen molar-refractivity contribution in [2.45, 2.75) is 57.9 Å². The first-order valence-electron chi connectivity index (χ1n) is 9.86. The van der Waals surface area contributed by atoms with Crippen molar-refractivity contribution in [3.63, 3.8) is 0 Å². The summed E-state index contributed by atoms with van der Waals surface area (Å²) in [5.41, 5.74) is 6.15. The number of carbonyl (C=O) groups is 1. The number of hydrogen-bond acceptors (Lipinski definition) is 4. The van der Waals surface area contributed by atoms with Crippen molar-refractivity contribution in [3.05, 3.63) is 29.8 Å². The van der Waals surface area contributed by atoms with Gasteiger partial charge in [-0.3, -0.25) is 4.79 Å². The minimum Gasteiger partial charge on any atom is -0.352 e. The fraction of sp³-hybridized carbons (Fsp3) is 0.650. The molecule has 0 bridgehead atoms. The van der Waals surface area contributed by atoms with Crippen molar-refractivity contribution in [2.75, 3.05) is 19.6 Å². The number of nitrogens with one attached hydrogen (secondary N) is 1. The van der Waals surface area contributed by atoms with Gasteiger partial charge in [-0.1, -0.05) is 32.9 Å². The van der Waals surface area contributed by atoms with E-state index in [2.05, 4.69) is 12.2 Å². The molecular formula is C20H34ClN3O3S. The zero-order chi connectivity index (χ0) is 20.1. The number of hydrogen-bond donors (Lipinski definition) is 2. The van der Waals surface area contributed by atoms with Gasteiger partial charge < -0.3 is 11.1 Å². The zero-order valence-electron chi connectivity index (χ0n) is 17.1. The van der Waals surface area contributed by atoms with Crippen LogP contribution in [0.2, 0.25) is 0 Å². The molecule has 1 amide bonds. The summed E-state index contributed by atoms with van der Waals surface area (Å²) in [6.45, 7) is 7.86. The van der Waals surface area contributed by atoms with Gasteiger partial charge in [-0.2, -0.15) is 4.31 Å². The third kappa shape index (κ3) is 5.47. The normalized spacial score (nSPS) is 18.4. The molecule has 0 saturated carbocycles. The first-order chi connectivity index (χ1) is 12.8. The molecule has 1 aromatic carbocycles. The lowest BCUT2D eigenvalue weighted by atomic mass is 9.81. The van der Waals surface area contributed by atoms with Crippen LogP contribution in [0.25, 0.3) is 0 Å². The summed E-state index contributed by atoms with van der Waals surface area (Å²) in [6.07, 6.45) is 3.36. The molecule has 0 spiro atoms. The highest BCUT2D eigenvalue weighted by Crippen LogP contribution is 2.26. The second kappa shape index (κ2) is 10.6. The van der Waals surface area contributed by atoms with Crippen molar-refractivity contribution in [1.29, 1.82) is 0 Å². The Morgan fingerprint density at radius 2 is 1.86 bits per heavy atom. The van der Waals surface area contributed by atoms with E-state index < -0.39 is 15.4 Å². The predicted octanol–water partition coefficient (Wildman–Crippen LogP) is 2.91. The number of halogens is 1. The Morgan fingerprint density at radius 3 is 2.36 bits per heavy atom. The Balaban J connectivity index is 0.00000392. The number of sulfonamides is 1. The number of carbonyl (C=O) groups excluding carboxylic acids is 1. The van der Waals surface area contributed by atoms with Crippen molar-refractivity contribution in [3.8, 4) is 0 Å². The Kier molecular flexibility index (Phi) is 9.40. The van der Waals surface area contributed by atoms with E-state index in [4.69, 9.17) is 5.73 Å². The molecule has 160 valence electrons. The van der Waals surface area contributed by atoms with Gasteiger partial charge in [0.25, 0.3) is 0 Å².